The molecule has 128 valence electrons. The van der Waals surface area contributed by atoms with Gasteiger partial charge >= 0.3 is 0 Å². The zero-order valence-electron chi connectivity index (χ0n) is 14.4. The zero-order chi connectivity index (χ0) is 17.1. The van der Waals surface area contributed by atoms with Gasteiger partial charge in [0.2, 0.25) is 11.8 Å². The summed E-state index contributed by atoms with van der Waals surface area (Å²) in [5.74, 6) is -0.234. The van der Waals surface area contributed by atoms with Crippen molar-refractivity contribution < 1.29 is 9.59 Å². The first-order chi connectivity index (χ1) is 10.8. The molecule has 1 aliphatic rings. The number of carbonyl (C=O) groups is 2. The lowest BCUT2D eigenvalue weighted by atomic mass is 9.96. The third-order valence-corrected chi connectivity index (χ3v) is 5.61. The number of likely N-dealkylation sites (tertiary alicyclic amines) is 1. The minimum absolute atomic E-state index is 0.0855. The molecular weight excluding hydrogens is 310 g/mol. The minimum atomic E-state index is -0.250. The summed E-state index contributed by atoms with van der Waals surface area (Å²) in [7, 11) is 0. The molecule has 0 bridgehead atoms. The molecule has 0 aromatic carbocycles. The maximum absolute atomic E-state index is 12.6. The van der Waals surface area contributed by atoms with Gasteiger partial charge in [-0.2, -0.15) is 0 Å². The summed E-state index contributed by atoms with van der Waals surface area (Å²) in [6.07, 6.45) is 1.35. The molecule has 6 heteroatoms. The van der Waals surface area contributed by atoms with Crippen LogP contribution in [0.1, 0.15) is 48.0 Å². The van der Waals surface area contributed by atoms with Crippen LogP contribution in [0.25, 0.3) is 0 Å². The standard InChI is InChI=1S/C17H27N3O2S/c1-10-9-15(13(4)23-10)11(2)19-12(3)17(22)20-7-5-14(6-8-20)16(18)21/h9,11-12,14,19H,5-8H2,1-4H3,(H2,18,21)/t11-,12-/m0/s1. The van der Waals surface area contributed by atoms with Gasteiger partial charge in [-0.1, -0.05) is 0 Å². The van der Waals surface area contributed by atoms with Crippen molar-refractivity contribution in [2.24, 2.45) is 11.7 Å². The summed E-state index contributed by atoms with van der Waals surface area (Å²) in [5.41, 5.74) is 6.60. The average Bonchev–Trinajstić information content (AvgIpc) is 2.85. The van der Waals surface area contributed by atoms with Gasteiger partial charge in [0.15, 0.2) is 0 Å². The van der Waals surface area contributed by atoms with E-state index in [1.54, 1.807) is 11.3 Å². The lowest BCUT2D eigenvalue weighted by Gasteiger charge is -2.33. The fourth-order valence-corrected chi connectivity index (χ4v) is 4.30. The topological polar surface area (TPSA) is 75.4 Å². The Hall–Kier alpha value is -1.40. The fourth-order valence-electron chi connectivity index (χ4n) is 3.27. The molecule has 2 rings (SSSR count). The van der Waals surface area contributed by atoms with Crippen molar-refractivity contribution in [3.05, 3.63) is 21.4 Å². The number of amides is 2. The van der Waals surface area contributed by atoms with E-state index in [4.69, 9.17) is 5.73 Å². The second-order valence-corrected chi connectivity index (χ2v) is 7.94. The van der Waals surface area contributed by atoms with Crippen molar-refractivity contribution >= 4 is 23.2 Å². The molecule has 0 spiro atoms. The number of hydrogen-bond donors (Lipinski definition) is 2. The van der Waals surface area contributed by atoms with Crippen LogP contribution in [-0.4, -0.2) is 35.8 Å². The highest BCUT2D eigenvalue weighted by Crippen LogP contribution is 2.26. The van der Waals surface area contributed by atoms with E-state index in [-0.39, 0.29) is 29.8 Å². The Morgan fingerprint density at radius 1 is 1.30 bits per heavy atom. The van der Waals surface area contributed by atoms with E-state index in [0.717, 1.165) is 0 Å². The molecule has 2 heterocycles. The number of primary amides is 1. The van der Waals surface area contributed by atoms with Crippen LogP contribution in [0.3, 0.4) is 0 Å². The number of nitrogens with two attached hydrogens (primary N) is 1. The van der Waals surface area contributed by atoms with E-state index in [1.807, 2.05) is 11.8 Å². The number of hydrogen-bond acceptors (Lipinski definition) is 4. The van der Waals surface area contributed by atoms with Crippen molar-refractivity contribution in [2.75, 3.05) is 13.1 Å². The van der Waals surface area contributed by atoms with Crippen molar-refractivity contribution in [1.82, 2.24) is 10.2 Å². The largest absolute Gasteiger partial charge is 0.369 e. The first-order valence-corrected chi connectivity index (χ1v) is 9.02. The normalized spacial score (nSPS) is 18.7. The molecule has 0 unspecified atom stereocenters. The molecule has 5 nitrogen and oxygen atoms in total. The van der Waals surface area contributed by atoms with Crippen molar-refractivity contribution in [2.45, 2.75) is 52.6 Å². The van der Waals surface area contributed by atoms with Crippen molar-refractivity contribution in [3.8, 4) is 0 Å². The molecule has 0 radical (unpaired) electrons. The Kier molecular flexibility index (Phi) is 5.81. The van der Waals surface area contributed by atoms with Gasteiger partial charge in [0.05, 0.1) is 6.04 Å². The predicted molar refractivity (Wildman–Crippen MR) is 93.3 cm³/mol. The van der Waals surface area contributed by atoms with Gasteiger partial charge in [-0.25, -0.2) is 0 Å². The molecule has 1 aromatic heterocycles. The number of nitrogens with zero attached hydrogens (tertiary/aromatic N) is 1. The van der Waals surface area contributed by atoms with Crippen LogP contribution >= 0.6 is 11.3 Å². The summed E-state index contributed by atoms with van der Waals surface area (Å²) in [4.78, 5) is 28.2. The molecule has 2 amide bonds. The number of piperidine rings is 1. The molecule has 23 heavy (non-hydrogen) atoms. The number of carbonyl (C=O) groups excluding carboxylic acids is 2. The molecule has 1 fully saturated rings. The van der Waals surface area contributed by atoms with Crippen LogP contribution in [0.15, 0.2) is 6.07 Å². The van der Waals surface area contributed by atoms with Crippen LogP contribution in [0.2, 0.25) is 0 Å². The van der Waals surface area contributed by atoms with Gasteiger partial charge in [0, 0.05) is 34.8 Å². The molecule has 0 aliphatic carbocycles. The fraction of sp³-hybridized carbons (Fsp3) is 0.647. The Balaban J connectivity index is 1.90. The summed E-state index contributed by atoms with van der Waals surface area (Å²) in [6.45, 7) is 9.45. The summed E-state index contributed by atoms with van der Waals surface area (Å²) in [6, 6.07) is 2.09. The van der Waals surface area contributed by atoms with Crippen LogP contribution in [0, 0.1) is 19.8 Å². The van der Waals surface area contributed by atoms with Gasteiger partial charge in [-0.15, -0.1) is 11.3 Å². The van der Waals surface area contributed by atoms with E-state index < -0.39 is 0 Å². The van der Waals surface area contributed by atoms with E-state index in [9.17, 15) is 9.59 Å². The highest BCUT2D eigenvalue weighted by Gasteiger charge is 2.29. The van der Waals surface area contributed by atoms with Gasteiger partial charge in [-0.05, 0) is 52.2 Å². The Morgan fingerprint density at radius 3 is 2.39 bits per heavy atom. The zero-order valence-corrected chi connectivity index (χ0v) is 15.2. The minimum Gasteiger partial charge on any atom is -0.369 e. The molecule has 1 aliphatic heterocycles. The molecular formula is C17H27N3O2S. The third kappa shape index (κ3) is 4.32. The van der Waals surface area contributed by atoms with Crippen LogP contribution < -0.4 is 11.1 Å². The van der Waals surface area contributed by atoms with Gasteiger partial charge in [-0.3, -0.25) is 14.9 Å². The maximum atomic E-state index is 12.6. The number of rotatable bonds is 5. The quantitative estimate of drug-likeness (QED) is 0.864. The van der Waals surface area contributed by atoms with Crippen LogP contribution in [0.5, 0.6) is 0 Å². The van der Waals surface area contributed by atoms with Crippen LogP contribution in [-0.2, 0) is 9.59 Å². The maximum Gasteiger partial charge on any atom is 0.239 e. The smallest absolute Gasteiger partial charge is 0.239 e. The van der Waals surface area contributed by atoms with Gasteiger partial charge in [0.25, 0.3) is 0 Å². The second-order valence-electron chi connectivity index (χ2n) is 6.48. The number of nitrogens with one attached hydrogen (secondary N) is 1. The van der Waals surface area contributed by atoms with E-state index in [0.29, 0.717) is 25.9 Å². The summed E-state index contributed by atoms with van der Waals surface area (Å²) in [5, 5.41) is 3.41. The molecule has 3 N–H and O–H groups in total. The van der Waals surface area contributed by atoms with E-state index in [2.05, 4.69) is 32.2 Å². The molecule has 2 atom stereocenters. The first kappa shape index (κ1) is 17.9. The third-order valence-electron chi connectivity index (χ3n) is 4.63. The highest BCUT2D eigenvalue weighted by molar-refractivity contribution is 7.12. The predicted octanol–water partition coefficient (Wildman–Crippen LogP) is 2.13. The Morgan fingerprint density at radius 2 is 1.91 bits per heavy atom. The SMILES string of the molecule is Cc1cc([C@H](C)N[C@@H](C)C(=O)N2CCC(C(N)=O)CC2)c(C)s1. The molecule has 1 aromatic rings. The number of aryl methyl sites for hydroxylation is 2. The van der Waals surface area contributed by atoms with E-state index >= 15 is 0 Å². The lowest BCUT2D eigenvalue weighted by molar-refractivity contribution is -0.136. The molecule has 0 saturated carbocycles. The second kappa shape index (κ2) is 7.45. The Labute approximate surface area is 142 Å². The lowest BCUT2D eigenvalue weighted by Crippen LogP contribution is -2.49. The monoisotopic (exact) mass is 337 g/mol. The summed E-state index contributed by atoms with van der Waals surface area (Å²) >= 11 is 1.78. The van der Waals surface area contributed by atoms with E-state index in [1.165, 1.54) is 15.3 Å². The molecule has 1 saturated heterocycles. The number of thiophene rings is 1. The van der Waals surface area contributed by atoms with Gasteiger partial charge < -0.3 is 10.6 Å². The van der Waals surface area contributed by atoms with Gasteiger partial charge in [0.1, 0.15) is 0 Å². The summed E-state index contributed by atoms with van der Waals surface area (Å²) < 4.78 is 0. The van der Waals surface area contributed by atoms with Crippen molar-refractivity contribution in [1.29, 1.82) is 0 Å². The average molecular weight is 337 g/mol. The Bertz CT molecular complexity index is 576. The first-order valence-electron chi connectivity index (χ1n) is 8.20. The van der Waals surface area contributed by atoms with Crippen LogP contribution in [0.4, 0.5) is 0 Å². The van der Waals surface area contributed by atoms with Crippen molar-refractivity contribution in [3.63, 3.8) is 0 Å². The highest BCUT2D eigenvalue weighted by atomic mass is 32.1.